The Morgan fingerprint density at radius 2 is 1.50 bits per heavy atom. The molecule has 0 amide bonds. The highest BCUT2D eigenvalue weighted by atomic mass is 16.3. The number of fused-ring (bicyclic) bond motifs is 5. The number of hydrogen-bond acceptors (Lipinski definition) is 2. The Bertz CT molecular complexity index is 566. The van der Waals surface area contributed by atoms with Gasteiger partial charge in [0, 0.05) is 5.92 Å². The molecule has 0 bridgehead atoms. The van der Waals surface area contributed by atoms with Crippen LogP contribution in [0.2, 0.25) is 0 Å². The van der Waals surface area contributed by atoms with E-state index in [1.165, 1.54) is 12.8 Å². The summed E-state index contributed by atoms with van der Waals surface area (Å²) >= 11 is 0. The maximum atomic E-state index is 11.0. The molecule has 0 unspecified atom stereocenters. The van der Waals surface area contributed by atoms with Gasteiger partial charge in [-0.15, -0.1) is 0 Å². The minimum atomic E-state index is -0.338. The second-order valence-electron chi connectivity index (χ2n) is 10.8. The average Bonchev–Trinajstić information content (AvgIpc) is 2.79. The molecule has 136 valence electrons. The summed E-state index contributed by atoms with van der Waals surface area (Å²) in [7, 11) is 0. The Kier molecular flexibility index (Phi) is 3.48. The normalized spacial score (nSPS) is 58.7. The molecule has 0 aliphatic heterocycles. The first kappa shape index (κ1) is 17.1. The van der Waals surface area contributed by atoms with Gasteiger partial charge in [-0.2, -0.15) is 0 Å². The van der Waals surface area contributed by atoms with E-state index < -0.39 is 0 Å². The van der Waals surface area contributed by atoms with Crippen LogP contribution in [0.5, 0.6) is 0 Å². The highest BCUT2D eigenvalue weighted by molar-refractivity contribution is 5.21. The molecule has 4 aliphatic carbocycles. The third-order valence-corrected chi connectivity index (χ3v) is 9.62. The van der Waals surface area contributed by atoms with Crippen LogP contribution in [0, 0.1) is 39.4 Å². The minimum absolute atomic E-state index is 0.0750. The lowest BCUT2D eigenvalue weighted by atomic mass is 9.36. The van der Waals surface area contributed by atoms with Crippen LogP contribution >= 0.6 is 0 Å². The van der Waals surface area contributed by atoms with Crippen LogP contribution in [0.25, 0.3) is 0 Å². The van der Waals surface area contributed by atoms with Gasteiger partial charge in [-0.05, 0) is 72.0 Å². The van der Waals surface area contributed by atoms with Crippen LogP contribution in [0.15, 0.2) is 12.2 Å². The smallest absolute Gasteiger partial charge is 0.0601 e. The van der Waals surface area contributed by atoms with E-state index in [0.29, 0.717) is 11.8 Å². The summed E-state index contributed by atoms with van der Waals surface area (Å²) in [6.07, 6.45) is 10.7. The summed E-state index contributed by atoms with van der Waals surface area (Å²) in [5.41, 5.74) is 0.842. The summed E-state index contributed by atoms with van der Waals surface area (Å²) < 4.78 is 0. The highest BCUT2D eigenvalue weighted by Crippen LogP contribution is 2.73. The van der Waals surface area contributed by atoms with Crippen molar-refractivity contribution in [2.24, 2.45) is 39.4 Å². The van der Waals surface area contributed by atoms with Crippen molar-refractivity contribution < 1.29 is 10.2 Å². The predicted octanol–water partition coefficient (Wildman–Crippen LogP) is 4.55. The summed E-state index contributed by atoms with van der Waals surface area (Å²) in [4.78, 5) is 0. The van der Waals surface area contributed by atoms with Gasteiger partial charge in [0.25, 0.3) is 0 Å². The maximum absolute atomic E-state index is 11.0. The number of aliphatic hydroxyl groups excluding tert-OH is 2. The van der Waals surface area contributed by atoms with Crippen LogP contribution < -0.4 is 0 Å². The van der Waals surface area contributed by atoms with Gasteiger partial charge in [-0.3, -0.25) is 0 Å². The molecule has 4 aliphatic rings. The molecule has 4 rings (SSSR count). The molecule has 3 saturated carbocycles. The van der Waals surface area contributed by atoms with Gasteiger partial charge >= 0.3 is 0 Å². The van der Waals surface area contributed by atoms with Crippen LogP contribution in [-0.4, -0.2) is 22.4 Å². The van der Waals surface area contributed by atoms with Crippen molar-refractivity contribution in [2.45, 2.75) is 85.4 Å². The summed E-state index contributed by atoms with van der Waals surface area (Å²) in [6.45, 7) is 12.2. The van der Waals surface area contributed by atoms with E-state index in [0.717, 1.165) is 25.7 Å². The molecule has 24 heavy (non-hydrogen) atoms. The molecular formula is C22H36O2. The van der Waals surface area contributed by atoms with Crippen molar-refractivity contribution in [1.29, 1.82) is 0 Å². The van der Waals surface area contributed by atoms with Crippen molar-refractivity contribution in [3.63, 3.8) is 0 Å². The first-order valence-electron chi connectivity index (χ1n) is 10.1. The third-order valence-electron chi connectivity index (χ3n) is 9.62. The zero-order valence-electron chi connectivity index (χ0n) is 16.2. The zero-order chi connectivity index (χ0) is 17.5. The summed E-state index contributed by atoms with van der Waals surface area (Å²) in [5, 5.41) is 21.6. The van der Waals surface area contributed by atoms with E-state index in [-0.39, 0.29) is 39.8 Å². The number of rotatable bonds is 0. The molecular weight excluding hydrogens is 296 g/mol. The van der Waals surface area contributed by atoms with E-state index in [2.05, 4.69) is 46.8 Å². The lowest BCUT2D eigenvalue weighted by Crippen LogP contribution is -2.64. The van der Waals surface area contributed by atoms with Gasteiger partial charge in [0.05, 0.1) is 12.2 Å². The molecule has 8 atom stereocenters. The van der Waals surface area contributed by atoms with Gasteiger partial charge < -0.3 is 10.2 Å². The Balaban J connectivity index is 1.81. The van der Waals surface area contributed by atoms with E-state index in [4.69, 9.17) is 0 Å². The molecule has 2 N–H and O–H groups in total. The standard InChI is InChI=1S/C22H36O2/c1-19(2)9-6-10-20(3)16(19)8-12-21(4)17(20)13-15(24)18-14(23)7-11-22(18,21)5/h6,9,14-18,23-24H,7-8,10-13H2,1-5H3/t14-,15+,16-,17+,18-,20-,21+,22+/m0/s1. The molecule has 0 spiro atoms. The van der Waals surface area contributed by atoms with E-state index >= 15 is 0 Å². The van der Waals surface area contributed by atoms with E-state index in [1.807, 2.05) is 0 Å². The summed E-state index contributed by atoms with van der Waals surface area (Å²) in [6, 6.07) is 0. The first-order chi connectivity index (χ1) is 11.1. The fourth-order valence-corrected chi connectivity index (χ4v) is 8.32. The van der Waals surface area contributed by atoms with Crippen LogP contribution in [-0.2, 0) is 0 Å². The molecule has 2 heteroatoms. The SMILES string of the molecule is CC1(C)C=CC[C@]2(C)[C@H]3C[C@@H](O)[C@@H]4[C@@H](O)CC[C@@]4(C)[C@]3(C)CC[C@@H]12. The molecule has 0 aromatic rings. The Labute approximate surface area is 147 Å². The summed E-state index contributed by atoms with van der Waals surface area (Å²) in [5.74, 6) is 1.33. The van der Waals surface area contributed by atoms with Crippen LogP contribution in [0.1, 0.15) is 73.1 Å². The minimum Gasteiger partial charge on any atom is -0.393 e. The highest BCUT2D eigenvalue weighted by Gasteiger charge is 2.69. The van der Waals surface area contributed by atoms with Gasteiger partial charge in [-0.25, -0.2) is 0 Å². The number of aliphatic hydroxyl groups is 2. The van der Waals surface area contributed by atoms with Crippen molar-refractivity contribution in [2.75, 3.05) is 0 Å². The van der Waals surface area contributed by atoms with Gasteiger partial charge in [-0.1, -0.05) is 46.8 Å². The van der Waals surface area contributed by atoms with E-state index in [1.54, 1.807) is 0 Å². The van der Waals surface area contributed by atoms with Crippen LogP contribution in [0.4, 0.5) is 0 Å². The monoisotopic (exact) mass is 332 g/mol. The largest absolute Gasteiger partial charge is 0.393 e. The van der Waals surface area contributed by atoms with Gasteiger partial charge in [0.2, 0.25) is 0 Å². The fraction of sp³-hybridized carbons (Fsp3) is 0.909. The predicted molar refractivity (Wildman–Crippen MR) is 97.4 cm³/mol. The molecule has 0 heterocycles. The molecule has 0 radical (unpaired) electrons. The van der Waals surface area contributed by atoms with Crippen molar-refractivity contribution in [3.05, 3.63) is 12.2 Å². The Morgan fingerprint density at radius 3 is 2.21 bits per heavy atom. The lowest BCUT2D eigenvalue weighted by Gasteiger charge is -2.69. The molecule has 2 nitrogen and oxygen atoms in total. The second kappa shape index (κ2) is 4.88. The maximum Gasteiger partial charge on any atom is 0.0601 e. The Morgan fingerprint density at radius 1 is 0.833 bits per heavy atom. The van der Waals surface area contributed by atoms with Crippen LogP contribution in [0.3, 0.4) is 0 Å². The van der Waals surface area contributed by atoms with Crippen molar-refractivity contribution in [3.8, 4) is 0 Å². The molecule has 0 saturated heterocycles. The topological polar surface area (TPSA) is 40.5 Å². The Hall–Kier alpha value is -0.340. The fourth-order valence-electron chi connectivity index (χ4n) is 8.32. The first-order valence-corrected chi connectivity index (χ1v) is 10.1. The average molecular weight is 333 g/mol. The van der Waals surface area contributed by atoms with Crippen molar-refractivity contribution in [1.82, 2.24) is 0 Å². The quantitative estimate of drug-likeness (QED) is 0.639. The second-order valence-corrected chi connectivity index (χ2v) is 10.8. The van der Waals surface area contributed by atoms with Crippen molar-refractivity contribution >= 4 is 0 Å². The van der Waals surface area contributed by atoms with E-state index in [9.17, 15) is 10.2 Å². The zero-order valence-corrected chi connectivity index (χ0v) is 16.2. The molecule has 0 aromatic heterocycles. The third kappa shape index (κ3) is 1.85. The molecule has 0 aromatic carbocycles. The van der Waals surface area contributed by atoms with Gasteiger partial charge in [0.15, 0.2) is 0 Å². The number of hydrogen-bond donors (Lipinski definition) is 2. The molecule has 3 fully saturated rings. The lowest BCUT2D eigenvalue weighted by molar-refractivity contribution is -0.220. The number of allylic oxidation sites excluding steroid dienone is 2. The van der Waals surface area contributed by atoms with Gasteiger partial charge in [0.1, 0.15) is 0 Å².